The number of benzene rings is 3. The summed E-state index contributed by atoms with van der Waals surface area (Å²) in [5.41, 5.74) is 6.07. The Morgan fingerprint density at radius 2 is 1.74 bits per heavy atom. The fourth-order valence-electron chi connectivity index (χ4n) is 4.47. The number of phenolic OH excluding ortho intramolecular Hbond substituents is 1. The average Bonchev–Trinajstić information content (AvgIpc) is 3.37. The predicted molar refractivity (Wildman–Crippen MR) is 132 cm³/mol. The SMILES string of the molecule is CSc1ccc([C@@H]2c3c(-c4cc(C)c(C)cc4O)n[nH]c3C(=O)N2Cc2ccc(F)cc2)cc1. The normalized spacial score (nSPS) is 15.1. The van der Waals surface area contributed by atoms with Gasteiger partial charge in [0.25, 0.3) is 5.91 Å². The smallest absolute Gasteiger partial charge is 0.273 e. The van der Waals surface area contributed by atoms with Crippen LogP contribution in [0.1, 0.15) is 44.3 Å². The molecule has 0 aliphatic carbocycles. The van der Waals surface area contributed by atoms with Crippen molar-refractivity contribution in [1.29, 1.82) is 0 Å². The Morgan fingerprint density at radius 1 is 1.06 bits per heavy atom. The van der Waals surface area contributed by atoms with Gasteiger partial charge < -0.3 is 10.0 Å². The third-order valence-electron chi connectivity index (χ3n) is 6.43. The molecule has 0 unspecified atom stereocenters. The summed E-state index contributed by atoms with van der Waals surface area (Å²) < 4.78 is 13.5. The van der Waals surface area contributed by atoms with E-state index in [0.717, 1.165) is 32.7 Å². The number of aromatic hydroxyl groups is 1. The molecule has 2 heterocycles. The summed E-state index contributed by atoms with van der Waals surface area (Å²) in [6.07, 6.45) is 2.02. The molecule has 1 amide bonds. The van der Waals surface area contributed by atoms with E-state index in [9.17, 15) is 14.3 Å². The molecule has 1 aromatic heterocycles. The number of phenols is 1. The largest absolute Gasteiger partial charge is 0.507 e. The number of nitrogens with zero attached hydrogens (tertiary/aromatic N) is 2. The highest BCUT2D eigenvalue weighted by atomic mass is 32.2. The third-order valence-corrected chi connectivity index (χ3v) is 7.17. The van der Waals surface area contributed by atoms with E-state index in [-0.39, 0.29) is 17.5 Å². The van der Waals surface area contributed by atoms with Crippen LogP contribution in [0.4, 0.5) is 4.39 Å². The standard InChI is InChI=1S/C27H24FN3O2S/c1-15-12-21(22(32)13-16(15)2)24-23-25(30-29-24)27(33)31(14-17-4-8-19(28)9-5-17)26(23)18-6-10-20(34-3)11-7-18/h4-13,26,32H,14H2,1-3H3,(H,29,30)/t26-/m1/s1. The number of aryl methyl sites for hydroxylation is 2. The van der Waals surface area contributed by atoms with Crippen LogP contribution in [0.2, 0.25) is 0 Å². The summed E-state index contributed by atoms with van der Waals surface area (Å²) in [4.78, 5) is 16.4. The zero-order chi connectivity index (χ0) is 24.0. The average molecular weight is 474 g/mol. The zero-order valence-corrected chi connectivity index (χ0v) is 19.9. The zero-order valence-electron chi connectivity index (χ0n) is 19.1. The number of halogens is 1. The van der Waals surface area contributed by atoms with Gasteiger partial charge >= 0.3 is 0 Å². The Kier molecular flexibility index (Phi) is 5.65. The highest BCUT2D eigenvalue weighted by Crippen LogP contribution is 2.45. The number of hydrogen-bond acceptors (Lipinski definition) is 4. The molecule has 0 saturated carbocycles. The Bertz CT molecular complexity index is 1380. The summed E-state index contributed by atoms with van der Waals surface area (Å²) in [7, 11) is 0. The minimum atomic E-state index is -0.404. The highest BCUT2D eigenvalue weighted by molar-refractivity contribution is 7.98. The van der Waals surface area contributed by atoms with E-state index in [4.69, 9.17) is 0 Å². The molecule has 5 nitrogen and oxygen atoms in total. The molecular weight excluding hydrogens is 449 g/mol. The summed E-state index contributed by atoms with van der Waals surface area (Å²) in [5, 5.41) is 18.1. The fraction of sp³-hybridized carbons (Fsp3) is 0.185. The monoisotopic (exact) mass is 473 g/mol. The van der Waals surface area contributed by atoms with Crippen molar-refractivity contribution in [2.24, 2.45) is 0 Å². The Morgan fingerprint density at radius 3 is 2.41 bits per heavy atom. The molecule has 172 valence electrons. The molecule has 0 radical (unpaired) electrons. The second kappa shape index (κ2) is 8.65. The molecule has 0 saturated heterocycles. The van der Waals surface area contributed by atoms with Crippen molar-refractivity contribution in [2.45, 2.75) is 31.3 Å². The lowest BCUT2D eigenvalue weighted by Gasteiger charge is -2.27. The Balaban J connectivity index is 1.66. The second-order valence-corrected chi connectivity index (χ2v) is 9.43. The molecule has 34 heavy (non-hydrogen) atoms. The van der Waals surface area contributed by atoms with Crippen LogP contribution < -0.4 is 0 Å². The molecule has 1 aliphatic rings. The van der Waals surface area contributed by atoms with Crippen molar-refractivity contribution in [2.75, 3.05) is 6.26 Å². The van der Waals surface area contributed by atoms with Gasteiger partial charge in [-0.25, -0.2) is 4.39 Å². The number of aromatic nitrogens is 2. The maximum atomic E-state index is 13.5. The predicted octanol–water partition coefficient (Wildman–Crippen LogP) is 6.01. The number of rotatable bonds is 5. The van der Waals surface area contributed by atoms with E-state index in [1.54, 1.807) is 34.9 Å². The van der Waals surface area contributed by atoms with Crippen LogP contribution >= 0.6 is 11.8 Å². The van der Waals surface area contributed by atoms with Crippen LogP contribution in [0.15, 0.2) is 65.6 Å². The van der Waals surface area contributed by atoms with Gasteiger partial charge in [0.1, 0.15) is 23.0 Å². The summed E-state index contributed by atoms with van der Waals surface area (Å²) in [6, 6.07) is 17.5. The van der Waals surface area contributed by atoms with Gasteiger partial charge in [-0.3, -0.25) is 9.89 Å². The summed E-state index contributed by atoms with van der Waals surface area (Å²) in [6.45, 7) is 4.24. The molecule has 0 fully saturated rings. The van der Waals surface area contributed by atoms with Crippen molar-refractivity contribution < 1.29 is 14.3 Å². The van der Waals surface area contributed by atoms with E-state index >= 15 is 0 Å². The lowest BCUT2D eigenvalue weighted by Crippen LogP contribution is -2.29. The van der Waals surface area contributed by atoms with Crippen molar-refractivity contribution in [3.63, 3.8) is 0 Å². The first-order chi connectivity index (χ1) is 16.4. The van der Waals surface area contributed by atoms with Crippen LogP contribution in [0, 0.1) is 19.7 Å². The number of amides is 1. The molecule has 1 atom stereocenters. The molecule has 0 bridgehead atoms. The molecule has 5 rings (SSSR count). The number of aromatic amines is 1. The lowest BCUT2D eigenvalue weighted by atomic mass is 9.94. The van der Waals surface area contributed by atoms with Gasteiger partial charge in [-0.1, -0.05) is 24.3 Å². The van der Waals surface area contributed by atoms with Gasteiger partial charge in [0.15, 0.2) is 0 Å². The van der Waals surface area contributed by atoms with Gasteiger partial charge in [-0.2, -0.15) is 5.10 Å². The number of thioether (sulfide) groups is 1. The third kappa shape index (κ3) is 3.76. The van der Waals surface area contributed by atoms with Gasteiger partial charge in [-0.05, 0) is 78.8 Å². The molecule has 3 aromatic carbocycles. The summed E-state index contributed by atoms with van der Waals surface area (Å²) in [5.74, 6) is -0.374. The highest BCUT2D eigenvalue weighted by Gasteiger charge is 2.42. The van der Waals surface area contributed by atoms with Gasteiger partial charge in [0.05, 0.1) is 6.04 Å². The first kappa shape index (κ1) is 22.2. The Hall–Kier alpha value is -3.58. The Labute approximate surface area is 201 Å². The number of hydrogen-bond donors (Lipinski definition) is 2. The fourth-order valence-corrected chi connectivity index (χ4v) is 4.88. The van der Waals surface area contributed by atoms with Crippen LogP contribution in [0.3, 0.4) is 0 Å². The molecule has 0 spiro atoms. The number of carbonyl (C=O) groups is 1. The second-order valence-electron chi connectivity index (χ2n) is 8.55. The van der Waals surface area contributed by atoms with Crippen LogP contribution in [-0.4, -0.2) is 32.4 Å². The number of carbonyl (C=O) groups excluding carboxylic acids is 1. The van der Waals surface area contributed by atoms with Gasteiger partial charge in [0, 0.05) is 22.6 Å². The van der Waals surface area contributed by atoms with E-state index in [2.05, 4.69) is 10.2 Å². The van der Waals surface area contributed by atoms with E-state index in [0.29, 0.717) is 23.5 Å². The molecule has 4 aromatic rings. The maximum Gasteiger partial charge on any atom is 0.273 e. The van der Waals surface area contributed by atoms with Crippen LogP contribution in [0.25, 0.3) is 11.3 Å². The van der Waals surface area contributed by atoms with Gasteiger partial charge in [-0.15, -0.1) is 11.8 Å². The van der Waals surface area contributed by atoms with Crippen LogP contribution in [-0.2, 0) is 6.54 Å². The molecule has 7 heteroatoms. The van der Waals surface area contributed by atoms with Crippen molar-refractivity contribution in [3.8, 4) is 17.0 Å². The summed E-state index contributed by atoms with van der Waals surface area (Å²) >= 11 is 1.65. The van der Waals surface area contributed by atoms with E-state index < -0.39 is 6.04 Å². The minimum Gasteiger partial charge on any atom is -0.507 e. The number of nitrogens with one attached hydrogen (secondary N) is 1. The topological polar surface area (TPSA) is 69.2 Å². The quantitative estimate of drug-likeness (QED) is 0.349. The van der Waals surface area contributed by atoms with E-state index in [1.165, 1.54) is 12.1 Å². The number of H-pyrrole nitrogens is 1. The van der Waals surface area contributed by atoms with Crippen molar-refractivity contribution in [1.82, 2.24) is 15.1 Å². The first-order valence-electron chi connectivity index (χ1n) is 11.0. The molecular formula is C27H24FN3O2S. The first-order valence-corrected chi connectivity index (χ1v) is 12.2. The lowest BCUT2D eigenvalue weighted by molar-refractivity contribution is 0.0730. The van der Waals surface area contributed by atoms with Crippen molar-refractivity contribution >= 4 is 17.7 Å². The molecule has 2 N–H and O–H groups in total. The number of fused-ring (bicyclic) bond motifs is 1. The van der Waals surface area contributed by atoms with Crippen LogP contribution in [0.5, 0.6) is 5.75 Å². The van der Waals surface area contributed by atoms with Crippen molar-refractivity contribution in [3.05, 3.63) is 100.0 Å². The molecule has 1 aliphatic heterocycles. The van der Waals surface area contributed by atoms with E-state index in [1.807, 2.05) is 50.4 Å². The minimum absolute atomic E-state index is 0.123. The van der Waals surface area contributed by atoms with Gasteiger partial charge in [0.2, 0.25) is 0 Å². The maximum absolute atomic E-state index is 13.5.